The quantitative estimate of drug-likeness (QED) is 0.625. The zero-order valence-corrected chi connectivity index (χ0v) is 13.0. The molecule has 0 N–H and O–H groups in total. The molecule has 2 rings (SSSR count). The fourth-order valence-corrected chi connectivity index (χ4v) is 4.28. The van der Waals surface area contributed by atoms with E-state index in [4.69, 9.17) is 4.74 Å². The van der Waals surface area contributed by atoms with Crippen molar-refractivity contribution < 1.29 is 18.1 Å². The van der Waals surface area contributed by atoms with Crippen molar-refractivity contribution >= 4 is 15.7 Å². The Morgan fingerprint density at radius 1 is 1.29 bits per heavy atom. The van der Waals surface area contributed by atoms with Crippen molar-refractivity contribution in [2.75, 3.05) is 13.1 Å². The van der Waals surface area contributed by atoms with Crippen LogP contribution in [0, 0.1) is 17.0 Å². The molecule has 21 heavy (non-hydrogen) atoms. The number of hydrogen-bond donors (Lipinski definition) is 0. The van der Waals surface area contributed by atoms with Crippen molar-refractivity contribution in [2.45, 2.75) is 37.9 Å². The van der Waals surface area contributed by atoms with Crippen molar-refractivity contribution in [1.82, 2.24) is 4.31 Å². The number of nitro groups is 1. The smallest absolute Gasteiger partial charge is 0.270 e. The van der Waals surface area contributed by atoms with Gasteiger partial charge in [0.2, 0.25) is 10.0 Å². The van der Waals surface area contributed by atoms with Gasteiger partial charge >= 0.3 is 0 Å². The van der Waals surface area contributed by atoms with Crippen molar-refractivity contribution in [3.05, 3.63) is 33.9 Å². The molecule has 116 valence electrons. The van der Waals surface area contributed by atoms with Gasteiger partial charge < -0.3 is 4.74 Å². The van der Waals surface area contributed by atoms with Crippen LogP contribution in [-0.2, 0) is 14.8 Å². The molecule has 2 atom stereocenters. The van der Waals surface area contributed by atoms with E-state index in [0.29, 0.717) is 5.56 Å². The Kier molecular flexibility index (Phi) is 4.31. The van der Waals surface area contributed by atoms with E-state index in [1.807, 2.05) is 0 Å². The van der Waals surface area contributed by atoms with Gasteiger partial charge in [0.1, 0.15) is 0 Å². The van der Waals surface area contributed by atoms with Crippen molar-refractivity contribution in [2.24, 2.45) is 0 Å². The lowest BCUT2D eigenvalue weighted by atomic mass is 10.2. The standard InChI is InChI=1S/C13H18N2O5S/c1-9-4-5-12(15(16)17)6-13(9)21(18,19)14-7-10(2)20-11(3)8-14/h4-6,10-11H,7-8H2,1-3H3/t10-,11-/m0/s1. The summed E-state index contributed by atoms with van der Waals surface area (Å²) >= 11 is 0. The average molecular weight is 314 g/mol. The minimum absolute atomic E-state index is 0.0157. The molecule has 1 aromatic rings. The molecule has 0 saturated carbocycles. The highest BCUT2D eigenvalue weighted by molar-refractivity contribution is 7.89. The van der Waals surface area contributed by atoms with Crippen LogP contribution in [0.15, 0.2) is 23.1 Å². The van der Waals surface area contributed by atoms with Gasteiger partial charge in [-0.25, -0.2) is 8.42 Å². The molecule has 0 amide bonds. The van der Waals surface area contributed by atoms with Gasteiger partial charge in [0.15, 0.2) is 0 Å². The van der Waals surface area contributed by atoms with Crippen LogP contribution >= 0.6 is 0 Å². The summed E-state index contributed by atoms with van der Waals surface area (Å²) in [5.74, 6) is 0. The Morgan fingerprint density at radius 2 is 1.86 bits per heavy atom. The third-order valence-electron chi connectivity index (χ3n) is 3.39. The second kappa shape index (κ2) is 5.70. The highest BCUT2D eigenvalue weighted by atomic mass is 32.2. The van der Waals surface area contributed by atoms with Crippen molar-refractivity contribution in [1.29, 1.82) is 0 Å². The van der Waals surface area contributed by atoms with Gasteiger partial charge in [-0.3, -0.25) is 10.1 Å². The second-order valence-electron chi connectivity index (χ2n) is 5.29. The van der Waals surface area contributed by atoms with Crippen LogP contribution in [0.25, 0.3) is 0 Å². The Hall–Kier alpha value is -1.51. The fourth-order valence-electron chi connectivity index (χ4n) is 2.45. The zero-order valence-electron chi connectivity index (χ0n) is 12.1. The lowest BCUT2D eigenvalue weighted by molar-refractivity contribution is -0.385. The van der Waals surface area contributed by atoms with E-state index in [1.54, 1.807) is 20.8 Å². The maximum atomic E-state index is 12.7. The van der Waals surface area contributed by atoms with Crippen LogP contribution in [0.3, 0.4) is 0 Å². The number of non-ortho nitro benzene ring substituents is 1. The average Bonchev–Trinajstić information content (AvgIpc) is 2.37. The van der Waals surface area contributed by atoms with Gasteiger partial charge in [-0.05, 0) is 26.3 Å². The van der Waals surface area contributed by atoms with Crippen LogP contribution in [0.2, 0.25) is 0 Å². The molecule has 1 saturated heterocycles. The molecule has 1 aliphatic rings. The normalized spacial score (nSPS) is 24.0. The molecule has 0 spiro atoms. The number of rotatable bonds is 3. The number of benzene rings is 1. The Balaban J connectivity index is 2.44. The van der Waals surface area contributed by atoms with E-state index in [9.17, 15) is 18.5 Å². The minimum atomic E-state index is -3.77. The summed E-state index contributed by atoms with van der Waals surface area (Å²) in [5, 5.41) is 10.8. The Labute approximate surface area is 123 Å². The molecule has 1 aliphatic heterocycles. The maximum Gasteiger partial charge on any atom is 0.270 e. The molecule has 0 aromatic heterocycles. The molecule has 0 bridgehead atoms. The highest BCUT2D eigenvalue weighted by Gasteiger charge is 2.33. The van der Waals surface area contributed by atoms with E-state index >= 15 is 0 Å². The van der Waals surface area contributed by atoms with Crippen LogP contribution in [0.1, 0.15) is 19.4 Å². The van der Waals surface area contributed by atoms with E-state index < -0.39 is 14.9 Å². The minimum Gasteiger partial charge on any atom is -0.373 e. The monoisotopic (exact) mass is 314 g/mol. The van der Waals surface area contributed by atoms with Gasteiger partial charge in [-0.2, -0.15) is 4.31 Å². The molecular formula is C13H18N2O5S. The highest BCUT2D eigenvalue weighted by Crippen LogP contribution is 2.26. The zero-order chi connectivity index (χ0) is 15.8. The summed E-state index contributed by atoms with van der Waals surface area (Å²) < 4.78 is 32.3. The van der Waals surface area contributed by atoms with Gasteiger partial charge in [0.05, 0.1) is 22.0 Å². The summed E-state index contributed by atoms with van der Waals surface area (Å²) in [6.07, 6.45) is -0.412. The predicted molar refractivity (Wildman–Crippen MR) is 76.6 cm³/mol. The van der Waals surface area contributed by atoms with Crippen LogP contribution < -0.4 is 0 Å². The first-order valence-corrected chi connectivity index (χ1v) is 8.06. The first kappa shape index (κ1) is 15.9. The second-order valence-corrected chi connectivity index (χ2v) is 7.19. The van der Waals surface area contributed by atoms with Crippen molar-refractivity contribution in [3.8, 4) is 0 Å². The van der Waals surface area contributed by atoms with E-state index in [2.05, 4.69) is 0 Å². The molecule has 1 fully saturated rings. The van der Waals surface area contributed by atoms with Gasteiger partial charge in [-0.1, -0.05) is 6.07 Å². The molecule has 7 nitrogen and oxygen atoms in total. The topological polar surface area (TPSA) is 89.8 Å². The van der Waals surface area contributed by atoms with Crippen LogP contribution in [0.5, 0.6) is 0 Å². The maximum absolute atomic E-state index is 12.7. The molecular weight excluding hydrogens is 296 g/mol. The fraction of sp³-hybridized carbons (Fsp3) is 0.538. The molecule has 8 heteroatoms. The van der Waals surface area contributed by atoms with Gasteiger partial charge in [0.25, 0.3) is 5.69 Å². The largest absolute Gasteiger partial charge is 0.373 e. The van der Waals surface area contributed by atoms with Gasteiger partial charge in [-0.15, -0.1) is 0 Å². The summed E-state index contributed by atoms with van der Waals surface area (Å²) in [7, 11) is -3.77. The SMILES string of the molecule is Cc1ccc([N+](=O)[O-])cc1S(=O)(=O)N1C[C@H](C)O[C@@H](C)C1. The molecule has 1 aromatic carbocycles. The van der Waals surface area contributed by atoms with Crippen molar-refractivity contribution in [3.63, 3.8) is 0 Å². The van der Waals surface area contributed by atoms with E-state index in [1.165, 1.54) is 16.4 Å². The Bertz CT molecular complexity index is 649. The summed E-state index contributed by atoms with van der Waals surface area (Å²) in [6, 6.07) is 3.88. The van der Waals surface area contributed by atoms with E-state index in [0.717, 1.165) is 6.07 Å². The van der Waals surface area contributed by atoms with Crippen LogP contribution in [0.4, 0.5) is 5.69 Å². The summed E-state index contributed by atoms with van der Waals surface area (Å²) in [6.45, 7) is 5.73. The number of aryl methyl sites for hydroxylation is 1. The summed E-state index contributed by atoms with van der Waals surface area (Å²) in [4.78, 5) is 10.2. The van der Waals surface area contributed by atoms with Gasteiger partial charge in [0, 0.05) is 25.2 Å². The summed E-state index contributed by atoms with van der Waals surface area (Å²) in [5.41, 5.74) is 0.265. The molecule has 0 aliphatic carbocycles. The first-order chi connectivity index (χ1) is 9.71. The lowest BCUT2D eigenvalue weighted by Gasteiger charge is -2.34. The number of morpholine rings is 1. The molecule has 0 unspecified atom stereocenters. The first-order valence-electron chi connectivity index (χ1n) is 6.62. The predicted octanol–water partition coefficient (Wildman–Crippen LogP) is 1.70. The number of hydrogen-bond acceptors (Lipinski definition) is 5. The lowest BCUT2D eigenvalue weighted by Crippen LogP contribution is -2.48. The Morgan fingerprint density at radius 3 is 2.38 bits per heavy atom. The molecule has 1 heterocycles. The van der Waals surface area contributed by atoms with E-state index in [-0.39, 0.29) is 35.9 Å². The third-order valence-corrected chi connectivity index (χ3v) is 5.36. The third kappa shape index (κ3) is 3.22. The molecule has 0 radical (unpaired) electrons. The number of nitrogens with zero attached hydrogens (tertiary/aromatic N) is 2. The van der Waals surface area contributed by atoms with Crippen LogP contribution in [-0.4, -0.2) is 42.9 Å². The number of ether oxygens (including phenoxy) is 1. The number of sulfonamides is 1. The number of nitro benzene ring substituents is 1.